The van der Waals surface area contributed by atoms with Gasteiger partial charge in [-0.25, -0.2) is 4.79 Å². The van der Waals surface area contributed by atoms with Crippen LogP contribution in [0, 0.1) is 5.41 Å². The molecule has 0 saturated carbocycles. The average Bonchev–Trinajstić information content (AvgIpc) is 2.16. The fourth-order valence-corrected chi connectivity index (χ4v) is 2.13. The lowest BCUT2D eigenvalue weighted by atomic mass is 9.71. The Morgan fingerprint density at radius 3 is 3.07 bits per heavy atom. The summed E-state index contributed by atoms with van der Waals surface area (Å²) in [5.41, 5.74) is 1.65. The van der Waals surface area contributed by atoms with Crippen LogP contribution in [0.15, 0.2) is 35.5 Å². The van der Waals surface area contributed by atoms with E-state index in [1.54, 1.807) is 6.08 Å². The van der Waals surface area contributed by atoms with Crippen LogP contribution in [-0.4, -0.2) is 11.1 Å². The first-order valence-electron chi connectivity index (χ1n) is 4.97. The Morgan fingerprint density at radius 1 is 1.57 bits per heavy atom. The predicted molar refractivity (Wildman–Crippen MR) is 54.9 cm³/mol. The number of carbonyl (C=O) groups is 1. The molecule has 0 spiro atoms. The Morgan fingerprint density at radius 2 is 2.36 bits per heavy atom. The zero-order valence-electron chi connectivity index (χ0n) is 8.29. The molecule has 2 rings (SSSR count). The van der Waals surface area contributed by atoms with E-state index in [0.29, 0.717) is 5.57 Å². The number of rotatable bonds is 1. The molecule has 2 aliphatic carbocycles. The van der Waals surface area contributed by atoms with Gasteiger partial charge in [0.15, 0.2) is 0 Å². The molecule has 74 valence electrons. The maximum absolute atomic E-state index is 10.8. The second kappa shape index (κ2) is 3.12. The Kier molecular flexibility index (Phi) is 2.06. The summed E-state index contributed by atoms with van der Waals surface area (Å²) in [5.74, 6) is -0.838. The van der Waals surface area contributed by atoms with Gasteiger partial charge in [0, 0.05) is 5.41 Å². The molecule has 1 atom stereocenters. The minimum absolute atomic E-state index is 0.0806. The maximum atomic E-state index is 10.8. The quantitative estimate of drug-likeness (QED) is 0.690. The molecule has 0 aliphatic heterocycles. The number of carboxylic acid groups (broad SMARTS) is 1. The number of allylic oxidation sites excluding steroid dienone is 4. The van der Waals surface area contributed by atoms with Crippen molar-refractivity contribution in [3.05, 3.63) is 35.5 Å². The molecule has 0 bridgehead atoms. The van der Waals surface area contributed by atoms with Crippen molar-refractivity contribution < 1.29 is 9.90 Å². The summed E-state index contributed by atoms with van der Waals surface area (Å²) >= 11 is 0. The third kappa shape index (κ3) is 1.41. The van der Waals surface area contributed by atoms with Gasteiger partial charge in [-0.15, -0.1) is 0 Å². The van der Waals surface area contributed by atoms with Gasteiger partial charge in [-0.1, -0.05) is 25.2 Å². The summed E-state index contributed by atoms with van der Waals surface area (Å²) in [4.78, 5) is 10.8. The number of fused-ring (bicyclic) bond motifs is 1. The SMILES string of the molecule is C[C@]12C=CC(C(=O)O)=CC1=CCCC2. The van der Waals surface area contributed by atoms with Crippen LogP contribution in [-0.2, 0) is 4.79 Å². The summed E-state index contributed by atoms with van der Waals surface area (Å²) in [6.45, 7) is 2.17. The molecule has 0 aromatic carbocycles. The van der Waals surface area contributed by atoms with Gasteiger partial charge in [-0.3, -0.25) is 0 Å². The number of hydrogen-bond acceptors (Lipinski definition) is 1. The molecule has 0 aromatic heterocycles. The molecule has 14 heavy (non-hydrogen) atoms. The van der Waals surface area contributed by atoms with Gasteiger partial charge in [0.05, 0.1) is 5.57 Å². The summed E-state index contributed by atoms with van der Waals surface area (Å²) < 4.78 is 0. The van der Waals surface area contributed by atoms with E-state index in [1.165, 1.54) is 12.0 Å². The van der Waals surface area contributed by atoms with Crippen molar-refractivity contribution in [1.29, 1.82) is 0 Å². The molecule has 0 amide bonds. The molecule has 2 aliphatic rings. The lowest BCUT2D eigenvalue weighted by molar-refractivity contribution is -0.132. The molecule has 0 heterocycles. The number of carboxylic acids is 1. The minimum Gasteiger partial charge on any atom is -0.478 e. The van der Waals surface area contributed by atoms with Crippen molar-refractivity contribution in [2.24, 2.45) is 5.41 Å². The van der Waals surface area contributed by atoms with Crippen molar-refractivity contribution in [1.82, 2.24) is 0 Å². The first-order valence-corrected chi connectivity index (χ1v) is 4.97. The number of aliphatic carboxylic acids is 1. The lowest BCUT2D eigenvalue weighted by Crippen LogP contribution is -2.22. The Bertz CT molecular complexity index is 361. The highest BCUT2D eigenvalue weighted by Crippen LogP contribution is 2.42. The Balaban J connectivity index is 2.39. The van der Waals surface area contributed by atoms with Crippen LogP contribution in [0.4, 0.5) is 0 Å². The predicted octanol–water partition coefficient (Wildman–Crippen LogP) is 2.68. The molecule has 1 N–H and O–H groups in total. The molecule has 0 saturated heterocycles. The van der Waals surface area contributed by atoms with Crippen molar-refractivity contribution >= 4 is 5.97 Å². The largest absolute Gasteiger partial charge is 0.478 e. The summed E-state index contributed by atoms with van der Waals surface area (Å²) in [6.07, 6.45) is 11.1. The van der Waals surface area contributed by atoms with Gasteiger partial charge in [0.2, 0.25) is 0 Å². The standard InChI is InChI=1S/C12H14O2/c1-12-6-3-2-4-10(12)8-9(5-7-12)11(13)14/h4-5,7-8H,2-3,6H2,1H3,(H,13,14)/t12-/m0/s1. The van der Waals surface area contributed by atoms with E-state index in [9.17, 15) is 4.79 Å². The summed E-state index contributed by atoms with van der Waals surface area (Å²) in [7, 11) is 0. The van der Waals surface area contributed by atoms with Gasteiger partial charge in [-0.05, 0) is 30.9 Å². The summed E-state index contributed by atoms with van der Waals surface area (Å²) in [6, 6.07) is 0. The monoisotopic (exact) mass is 190 g/mol. The molecular weight excluding hydrogens is 176 g/mol. The highest BCUT2D eigenvalue weighted by molar-refractivity contribution is 5.91. The first kappa shape index (κ1) is 9.25. The third-order valence-corrected chi connectivity index (χ3v) is 3.11. The van der Waals surface area contributed by atoms with E-state index in [4.69, 9.17) is 5.11 Å². The highest BCUT2D eigenvalue weighted by Gasteiger charge is 2.30. The normalized spacial score (nSPS) is 30.4. The molecule has 0 aromatic rings. The van der Waals surface area contributed by atoms with Crippen molar-refractivity contribution in [3.8, 4) is 0 Å². The van der Waals surface area contributed by atoms with Gasteiger partial charge in [-0.2, -0.15) is 0 Å². The fourth-order valence-electron chi connectivity index (χ4n) is 2.13. The van der Waals surface area contributed by atoms with Gasteiger partial charge >= 0.3 is 5.97 Å². The second-order valence-corrected chi connectivity index (χ2v) is 4.21. The van der Waals surface area contributed by atoms with Crippen LogP contribution >= 0.6 is 0 Å². The van der Waals surface area contributed by atoms with Crippen LogP contribution in [0.2, 0.25) is 0 Å². The van der Waals surface area contributed by atoms with E-state index >= 15 is 0 Å². The van der Waals surface area contributed by atoms with E-state index < -0.39 is 5.97 Å². The fraction of sp³-hybridized carbons (Fsp3) is 0.417. The van der Waals surface area contributed by atoms with Crippen LogP contribution in [0.5, 0.6) is 0 Å². The smallest absolute Gasteiger partial charge is 0.335 e. The third-order valence-electron chi connectivity index (χ3n) is 3.11. The minimum atomic E-state index is -0.838. The second-order valence-electron chi connectivity index (χ2n) is 4.21. The van der Waals surface area contributed by atoms with E-state index in [0.717, 1.165) is 12.8 Å². The molecule has 0 unspecified atom stereocenters. The van der Waals surface area contributed by atoms with E-state index in [-0.39, 0.29) is 5.41 Å². The average molecular weight is 190 g/mol. The van der Waals surface area contributed by atoms with Crippen LogP contribution in [0.25, 0.3) is 0 Å². The van der Waals surface area contributed by atoms with Crippen LogP contribution in [0.1, 0.15) is 26.2 Å². The van der Waals surface area contributed by atoms with E-state index in [2.05, 4.69) is 13.0 Å². The van der Waals surface area contributed by atoms with E-state index in [1.807, 2.05) is 12.2 Å². The Labute approximate surface area is 83.6 Å². The van der Waals surface area contributed by atoms with Crippen LogP contribution in [0.3, 0.4) is 0 Å². The molecule has 2 heteroatoms. The zero-order valence-corrected chi connectivity index (χ0v) is 8.29. The maximum Gasteiger partial charge on any atom is 0.335 e. The first-order chi connectivity index (χ1) is 6.62. The van der Waals surface area contributed by atoms with Crippen molar-refractivity contribution in [3.63, 3.8) is 0 Å². The van der Waals surface area contributed by atoms with Gasteiger partial charge in [0.25, 0.3) is 0 Å². The Hall–Kier alpha value is -1.31. The van der Waals surface area contributed by atoms with Crippen molar-refractivity contribution in [2.75, 3.05) is 0 Å². The van der Waals surface area contributed by atoms with Crippen molar-refractivity contribution in [2.45, 2.75) is 26.2 Å². The molecule has 2 nitrogen and oxygen atoms in total. The zero-order chi connectivity index (χ0) is 10.2. The van der Waals surface area contributed by atoms with Crippen LogP contribution < -0.4 is 0 Å². The topological polar surface area (TPSA) is 37.3 Å². The molecule has 0 fully saturated rings. The lowest BCUT2D eigenvalue weighted by Gasteiger charge is -2.33. The molecular formula is C12H14O2. The van der Waals surface area contributed by atoms with Gasteiger partial charge in [0.1, 0.15) is 0 Å². The highest BCUT2D eigenvalue weighted by atomic mass is 16.4. The number of hydrogen-bond donors (Lipinski definition) is 1. The molecule has 0 radical (unpaired) electrons. The summed E-state index contributed by atoms with van der Waals surface area (Å²) in [5, 5.41) is 8.87. The van der Waals surface area contributed by atoms with Gasteiger partial charge < -0.3 is 5.11 Å².